The lowest BCUT2D eigenvalue weighted by Crippen LogP contribution is -2.30. The minimum atomic E-state index is -1.09. The number of halogens is 2. The van der Waals surface area contributed by atoms with Gasteiger partial charge in [-0.15, -0.1) is 0 Å². The predicted molar refractivity (Wildman–Crippen MR) is 115 cm³/mol. The fraction of sp³-hybridized carbons (Fsp3) is 0.0455. The Hall–Kier alpha value is -3.55. The number of amides is 3. The number of furan rings is 1. The molecule has 31 heavy (non-hydrogen) atoms. The molecule has 4 rings (SSSR count). The first-order valence-electron chi connectivity index (χ1n) is 9.04. The van der Waals surface area contributed by atoms with Crippen molar-refractivity contribution in [3.63, 3.8) is 0 Å². The number of carbonyl (C=O) groups excluding carboxylic acids is 2. The molecule has 1 aliphatic heterocycles. The number of carboxylic acids is 1. The minimum Gasteiger partial charge on any atom is -0.478 e. The fourth-order valence-electron chi connectivity index (χ4n) is 3.05. The third-order valence-electron chi connectivity index (χ3n) is 4.61. The molecule has 0 bridgehead atoms. The van der Waals surface area contributed by atoms with Gasteiger partial charge in [0.05, 0.1) is 17.1 Å². The summed E-state index contributed by atoms with van der Waals surface area (Å²) in [5.41, 5.74) is 1.27. The molecule has 1 saturated heterocycles. The first kappa shape index (κ1) is 20.7. The van der Waals surface area contributed by atoms with Crippen molar-refractivity contribution in [2.24, 2.45) is 0 Å². The summed E-state index contributed by atoms with van der Waals surface area (Å²) in [7, 11) is 0. The Kier molecular flexibility index (Phi) is 5.54. The number of urea groups is 1. The molecule has 0 unspecified atom stereocenters. The third kappa shape index (κ3) is 4.33. The Balaban J connectivity index is 1.56. The number of nitrogens with one attached hydrogen (secondary N) is 1. The molecule has 0 spiro atoms. The summed E-state index contributed by atoms with van der Waals surface area (Å²) in [5, 5.41) is 12.6. The molecule has 2 N–H and O–H groups in total. The van der Waals surface area contributed by atoms with Crippen molar-refractivity contribution in [1.29, 1.82) is 0 Å². The average Bonchev–Trinajstić information content (AvgIpc) is 3.30. The molecule has 2 aromatic carbocycles. The molecule has 0 radical (unpaired) electrons. The van der Waals surface area contributed by atoms with Gasteiger partial charge in [-0.1, -0.05) is 35.3 Å². The average molecular weight is 457 g/mol. The first-order chi connectivity index (χ1) is 14.8. The van der Waals surface area contributed by atoms with Gasteiger partial charge in [0.2, 0.25) is 0 Å². The summed E-state index contributed by atoms with van der Waals surface area (Å²) >= 11 is 12.0. The SMILES string of the molecule is O=C(O)c1ccc(Cl)c(-c2ccc(/C=C3\NC(=O)N(Cc4ccc(Cl)cc4)C3=O)o2)c1. The Labute approximate surface area is 186 Å². The third-order valence-corrected chi connectivity index (χ3v) is 5.19. The van der Waals surface area contributed by atoms with E-state index in [1.165, 1.54) is 24.3 Å². The van der Waals surface area contributed by atoms with E-state index >= 15 is 0 Å². The lowest BCUT2D eigenvalue weighted by atomic mass is 10.1. The van der Waals surface area contributed by atoms with E-state index in [4.69, 9.17) is 32.7 Å². The van der Waals surface area contributed by atoms with Gasteiger partial charge in [-0.25, -0.2) is 9.59 Å². The van der Waals surface area contributed by atoms with Crippen molar-refractivity contribution in [2.45, 2.75) is 6.54 Å². The normalized spacial score (nSPS) is 14.9. The van der Waals surface area contributed by atoms with Gasteiger partial charge in [0.15, 0.2) is 0 Å². The smallest absolute Gasteiger partial charge is 0.335 e. The number of hydrogen-bond acceptors (Lipinski definition) is 4. The summed E-state index contributed by atoms with van der Waals surface area (Å²) in [6.07, 6.45) is 1.40. The first-order valence-corrected chi connectivity index (χ1v) is 9.79. The van der Waals surface area contributed by atoms with Gasteiger partial charge in [-0.2, -0.15) is 0 Å². The molecule has 2 heterocycles. The number of imide groups is 1. The minimum absolute atomic E-state index is 0.0604. The van der Waals surface area contributed by atoms with Gasteiger partial charge in [0.25, 0.3) is 5.91 Å². The molecule has 9 heteroatoms. The zero-order valence-corrected chi connectivity index (χ0v) is 17.3. The molecule has 1 aliphatic rings. The molecule has 7 nitrogen and oxygen atoms in total. The topological polar surface area (TPSA) is 99.9 Å². The highest BCUT2D eigenvalue weighted by molar-refractivity contribution is 6.33. The largest absolute Gasteiger partial charge is 0.478 e. The van der Waals surface area contributed by atoms with Crippen LogP contribution in [-0.4, -0.2) is 27.9 Å². The zero-order valence-electron chi connectivity index (χ0n) is 15.8. The lowest BCUT2D eigenvalue weighted by molar-refractivity contribution is -0.123. The summed E-state index contributed by atoms with van der Waals surface area (Å²) in [6.45, 7) is 0.0974. The maximum absolute atomic E-state index is 12.7. The van der Waals surface area contributed by atoms with Crippen molar-refractivity contribution < 1.29 is 23.9 Å². The maximum Gasteiger partial charge on any atom is 0.335 e. The molecular weight excluding hydrogens is 443 g/mol. The van der Waals surface area contributed by atoms with Crippen LogP contribution in [0, 0.1) is 0 Å². The van der Waals surface area contributed by atoms with Gasteiger partial charge >= 0.3 is 12.0 Å². The second-order valence-electron chi connectivity index (χ2n) is 6.71. The Morgan fingerprint density at radius 1 is 1.06 bits per heavy atom. The van der Waals surface area contributed by atoms with Crippen LogP contribution >= 0.6 is 23.2 Å². The summed E-state index contributed by atoms with van der Waals surface area (Å²) < 4.78 is 5.71. The predicted octanol–water partition coefficient (Wildman–Crippen LogP) is 5.04. The quantitative estimate of drug-likeness (QED) is 0.413. The number of nitrogens with zero attached hydrogens (tertiary/aromatic N) is 1. The standard InChI is InChI=1S/C22H14Cl2N2O5/c23-14-4-1-12(2-5-14)11-26-20(27)18(25-22(26)30)10-15-6-8-19(31-15)16-9-13(21(28)29)3-7-17(16)24/h1-10H,11H2,(H,25,30)(H,28,29)/b18-10-. The molecule has 3 amide bonds. The van der Waals surface area contributed by atoms with Crippen molar-refractivity contribution in [3.8, 4) is 11.3 Å². The van der Waals surface area contributed by atoms with E-state index in [0.717, 1.165) is 10.5 Å². The second kappa shape index (κ2) is 8.29. The number of hydrogen-bond donors (Lipinski definition) is 2. The van der Waals surface area contributed by atoms with E-state index < -0.39 is 17.9 Å². The van der Waals surface area contributed by atoms with Gasteiger partial charge in [0, 0.05) is 16.7 Å². The molecule has 1 fully saturated rings. The van der Waals surface area contributed by atoms with Crippen LogP contribution in [0.5, 0.6) is 0 Å². The number of rotatable bonds is 5. The van der Waals surface area contributed by atoms with E-state index in [1.807, 2.05) is 0 Å². The fourth-order valence-corrected chi connectivity index (χ4v) is 3.39. The highest BCUT2D eigenvalue weighted by atomic mass is 35.5. The second-order valence-corrected chi connectivity index (χ2v) is 7.55. The number of benzene rings is 2. The molecule has 1 aromatic heterocycles. The number of carboxylic acid groups (broad SMARTS) is 1. The highest BCUT2D eigenvalue weighted by Crippen LogP contribution is 2.31. The van der Waals surface area contributed by atoms with Crippen LogP contribution in [0.25, 0.3) is 17.4 Å². The van der Waals surface area contributed by atoms with Crippen LogP contribution in [0.2, 0.25) is 10.0 Å². The summed E-state index contributed by atoms with van der Waals surface area (Å²) in [6, 6.07) is 13.7. The summed E-state index contributed by atoms with van der Waals surface area (Å²) in [4.78, 5) is 37.2. The van der Waals surface area contributed by atoms with E-state index in [1.54, 1.807) is 36.4 Å². The van der Waals surface area contributed by atoms with Crippen LogP contribution in [0.15, 0.2) is 64.7 Å². The molecule has 0 aliphatic carbocycles. The molecule has 0 atom stereocenters. The van der Waals surface area contributed by atoms with Crippen molar-refractivity contribution >= 4 is 47.2 Å². The molecule has 0 saturated carbocycles. The number of aromatic carboxylic acids is 1. The van der Waals surface area contributed by atoms with Crippen molar-refractivity contribution in [3.05, 3.63) is 87.2 Å². The van der Waals surface area contributed by atoms with Crippen LogP contribution in [-0.2, 0) is 11.3 Å². The van der Waals surface area contributed by atoms with E-state index in [0.29, 0.717) is 27.1 Å². The summed E-state index contributed by atoms with van der Waals surface area (Å²) in [5.74, 6) is -0.964. The van der Waals surface area contributed by atoms with E-state index in [-0.39, 0.29) is 17.8 Å². The maximum atomic E-state index is 12.7. The molecule has 156 valence electrons. The van der Waals surface area contributed by atoms with Crippen LogP contribution < -0.4 is 5.32 Å². The van der Waals surface area contributed by atoms with E-state index in [9.17, 15) is 14.4 Å². The van der Waals surface area contributed by atoms with Crippen LogP contribution in [0.3, 0.4) is 0 Å². The zero-order chi connectivity index (χ0) is 22.1. The number of carbonyl (C=O) groups is 3. The molecule has 3 aromatic rings. The Morgan fingerprint density at radius 2 is 1.81 bits per heavy atom. The Bertz CT molecular complexity index is 1230. The molecular formula is C22H14Cl2N2O5. The van der Waals surface area contributed by atoms with Gasteiger partial charge in [-0.3, -0.25) is 9.69 Å². The van der Waals surface area contributed by atoms with Gasteiger partial charge in [-0.05, 0) is 48.0 Å². The highest BCUT2D eigenvalue weighted by Gasteiger charge is 2.33. The van der Waals surface area contributed by atoms with E-state index in [2.05, 4.69) is 5.32 Å². The van der Waals surface area contributed by atoms with Crippen molar-refractivity contribution in [2.75, 3.05) is 0 Å². The monoisotopic (exact) mass is 456 g/mol. The Morgan fingerprint density at radius 3 is 2.52 bits per heavy atom. The van der Waals surface area contributed by atoms with Crippen LogP contribution in [0.4, 0.5) is 4.79 Å². The lowest BCUT2D eigenvalue weighted by Gasteiger charge is -2.11. The van der Waals surface area contributed by atoms with Gasteiger partial charge in [0.1, 0.15) is 17.2 Å². The van der Waals surface area contributed by atoms with Crippen LogP contribution in [0.1, 0.15) is 21.7 Å². The van der Waals surface area contributed by atoms with Gasteiger partial charge < -0.3 is 14.8 Å². The van der Waals surface area contributed by atoms with Crippen molar-refractivity contribution in [1.82, 2.24) is 10.2 Å².